The van der Waals surface area contributed by atoms with Crippen LogP contribution in [0, 0.1) is 11.8 Å². The predicted octanol–water partition coefficient (Wildman–Crippen LogP) is 3.97. The Morgan fingerprint density at radius 3 is 2.53 bits per heavy atom. The van der Waals surface area contributed by atoms with Crippen molar-refractivity contribution in [2.75, 3.05) is 25.5 Å². The van der Waals surface area contributed by atoms with Crippen molar-refractivity contribution in [1.82, 2.24) is 15.1 Å². The van der Waals surface area contributed by atoms with Gasteiger partial charge >= 0.3 is 6.09 Å². The van der Waals surface area contributed by atoms with Crippen molar-refractivity contribution in [3.05, 3.63) is 65.7 Å². The Morgan fingerprint density at radius 1 is 1.03 bits per heavy atom. The lowest BCUT2D eigenvalue weighted by molar-refractivity contribution is -0.138. The minimum absolute atomic E-state index is 0.0799. The molecule has 0 aromatic heterocycles. The Labute approximate surface area is 211 Å². The molecule has 2 fully saturated rings. The van der Waals surface area contributed by atoms with E-state index in [9.17, 15) is 19.5 Å². The molecule has 3 aliphatic rings. The molecule has 0 radical (unpaired) electrons. The minimum Gasteiger partial charge on any atom is -0.465 e. The van der Waals surface area contributed by atoms with E-state index in [1.54, 1.807) is 19.2 Å². The number of fused-ring (bicyclic) bond motifs is 3. The molecule has 8 heteroatoms. The molecule has 0 spiro atoms. The second kappa shape index (κ2) is 10.2. The number of likely N-dealkylation sites (N-methyl/N-ethyl adjacent to an activating group) is 1. The maximum atomic E-state index is 14.1. The molecule has 1 saturated heterocycles. The molecule has 3 amide bonds. The standard InChI is InChI=1S/C28H34N4O4/c1-31(28(35)36)17-24-20-15-16-32(25(20)19-11-5-7-13-22(19)29-24)27(34)21-12-6-8-14-23(21)30-26(33)18-9-3-2-4-10-18/h2-5,7,9-11,13,20-21,23-25,29H,6,8,12,14-17H2,1H3,(H,30,33)(H,35,36)/t20?,21-,23+,24?,25?/m0/s1. The molecule has 36 heavy (non-hydrogen) atoms. The molecule has 5 rings (SSSR count). The van der Waals surface area contributed by atoms with Gasteiger partial charge < -0.3 is 25.5 Å². The van der Waals surface area contributed by atoms with Crippen LogP contribution in [0.2, 0.25) is 0 Å². The molecule has 0 bridgehead atoms. The van der Waals surface area contributed by atoms with Crippen molar-refractivity contribution in [3.8, 4) is 0 Å². The Kier molecular flexibility index (Phi) is 6.85. The van der Waals surface area contributed by atoms with Gasteiger partial charge in [0.25, 0.3) is 5.91 Å². The average Bonchev–Trinajstić information content (AvgIpc) is 3.35. The number of para-hydroxylation sites is 1. The third-order valence-electron chi connectivity index (χ3n) is 8.10. The molecule has 3 unspecified atom stereocenters. The average molecular weight is 491 g/mol. The van der Waals surface area contributed by atoms with E-state index in [4.69, 9.17) is 0 Å². The molecule has 2 heterocycles. The van der Waals surface area contributed by atoms with Crippen LogP contribution in [0.15, 0.2) is 54.6 Å². The van der Waals surface area contributed by atoms with E-state index in [0.717, 1.165) is 43.4 Å². The van der Waals surface area contributed by atoms with E-state index >= 15 is 0 Å². The zero-order chi connectivity index (χ0) is 25.2. The van der Waals surface area contributed by atoms with Crippen LogP contribution >= 0.6 is 0 Å². The van der Waals surface area contributed by atoms with Gasteiger partial charge in [-0.2, -0.15) is 0 Å². The van der Waals surface area contributed by atoms with Gasteiger partial charge in [0.2, 0.25) is 5.91 Å². The third kappa shape index (κ3) is 4.64. The fourth-order valence-corrected chi connectivity index (χ4v) is 6.28. The van der Waals surface area contributed by atoms with E-state index in [1.165, 1.54) is 4.90 Å². The van der Waals surface area contributed by atoms with Gasteiger partial charge in [-0.25, -0.2) is 4.79 Å². The third-order valence-corrected chi connectivity index (χ3v) is 8.10. The quantitative estimate of drug-likeness (QED) is 0.589. The highest BCUT2D eigenvalue weighted by atomic mass is 16.4. The number of anilines is 1. The van der Waals surface area contributed by atoms with E-state index in [2.05, 4.69) is 16.7 Å². The summed E-state index contributed by atoms with van der Waals surface area (Å²) in [6, 6.07) is 16.8. The minimum atomic E-state index is -0.961. The first kappa shape index (κ1) is 24.2. The van der Waals surface area contributed by atoms with Gasteiger partial charge in [0.05, 0.1) is 12.0 Å². The van der Waals surface area contributed by atoms with Crippen LogP contribution in [0.3, 0.4) is 0 Å². The fourth-order valence-electron chi connectivity index (χ4n) is 6.28. The SMILES string of the molecule is CN(CC1Nc2ccccc2C2C1CCN2C(=O)[C@H]1CCCC[C@H]1NC(=O)c1ccccc1)C(=O)O. The zero-order valence-electron chi connectivity index (χ0n) is 20.6. The topological polar surface area (TPSA) is 102 Å². The molecule has 2 aromatic rings. The normalized spacial score (nSPS) is 26.8. The number of carbonyl (C=O) groups excluding carboxylic acids is 2. The summed E-state index contributed by atoms with van der Waals surface area (Å²) in [5.41, 5.74) is 2.65. The number of benzene rings is 2. The highest BCUT2D eigenvalue weighted by Crippen LogP contribution is 2.47. The zero-order valence-corrected chi connectivity index (χ0v) is 20.6. The number of amides is 3. The summed E-state index contributed by atoms with van der Waals surface area (Å²) >= 11 is 0. The summed E-state index contributed by atoms with van der Waals surface area (Å²) in [7, 11) is 1.58. The molecule has 2 aliphatic heterocycles. The molecule has 8 nitrogen and oxygen atoms in total. The van der Waals surface area contributed by atoms with Gasteiger partial charge in [0.1, 0.15) is 0 Å². The Hall–Kier alpha value is -3.55. The number of carboxylic acid groups (broad SMARTS) is 1. The molecule has 190 valence electrons. The molecular weight excluding hydrogens is 456 g/mol. The van der Waals surface area contributed by atoms with Gasteiger partial charge in [0, 0.05) is 49.4 Å². The van der Waals surface area contributed by atoms with Crippen LogP contribution in [-0.2, 0) is 4.79 Å². The number of carbonyl (C=O) groups is 3. The lowest BCUT2D eigenvalue weighted by atomic mass is 9.80. The second-order valence-corrected chi connectivity index (χ2v) is 10.3. The lowest BCUT2D eigenvalue weighted by Gasteiger charge is -2.42. The van der Waals surface area contributed by atoms with Crippen LogP contribution in [0.5, 0.6) is 0 Å². The maximum Gasteiger partial charge on any atom is 0.407 e. The van der Waals surface area contributed by atoms with Gasteiger partial charge in [0.15, 0.2) is 0 Å². The fraction of sp³-hybridized carbons (Fsp3) is 0.464. The number of hydrogen-bond acceptors (Lipinski definition) is 4. The van der Waals surface area contributed by atoms with Gasteiger partial charge in [-0.3, -0.25) is 9.59 Å². The van der Waals surface area contributed by atoms with E-state index < -0.39 is 6.09 Å². The monoisotopic (exact) mass is 490 g/mol. The predicted molar refractivity (Wildman–Crippen MR) is 137 cm³/mol. The first-order valence-corrected chi connectivity index (χ1v) is 12.9. The van der Waals surface area contributed by atoms with Crippen LogP contribution in [-0.4, -0.2) is 65.0 Å². The molecule has 5 atom stereocenters. The first-order valence-electron chi connectivity index (χ1n) is 12.9. The number of nitrogens with zero attached hydrogens (tertiary/aromatic N) is 2. The largest absolute Gasteiger partial charge is 0.465 e. The van der Waals surface area contributed by atoms with Crippen LogP contribution in [0.25, 0.3) is 0 Å². The van der Waals surface area contributed by atoms with Gasteiger partial charge in [-0.1, -0.05) is 49.2 Å². The first-order chi connectivity index (χ1) is 17.4. The van der Waals surface area contributed by atoms with Gasteiger partial charge in [-0.15, -0.1) is 0 Å². The highest BCUT2D eigenvalue weighted by Gasteiger charge is 2.48. The summed E-state index contributed by atoms with van der Waals surface area (Å²) < 4.78 is 0. The van der Waals surface area contributed by atoms with Crippen LogP contribution < -0.4 is 10.6 Å². The Bertz CT molecular complexity index is 1120. The number of hydrogen-bond donors (Lipinski definition) is 3. The van der Waals surface area contributed by atoms with Crippen molar-refractivity contribution in [3.63, 3.8) is 0 Å². The lowest BCUT2D eigenvalue weighted by Crippen LogP contribution is -2.51. The van der Waals surface area contributed by atoms with Crippen LogP contribution in [0.1, 0.15) is 54.1 Å². The molecule has 1 saturated carbocycles. The summed E-state index contributed by atoms with van der Waals surface area (Å²) in [6.45, 7) is 0.985. The summed E-state index contributed by atoms with van der Waals surface area (Å²) in [4.78, 5) is 41.8. The Balaban J connectivity index is 1.38. The highest BCUT2D eigenvalue weighted by molar-refractivity contribution is 5.95. The van der Waals surface area contributed by atoms with Crippen molar-refractivity contribution in [2.24, 2.45) is 11.8 Å². The second-order valence-electron chi connectivity index (χ2n) is 10.3. The van der Waals surface area contributed by atoms with Crippen molar-refractivity contribution < 1.29 is 19.5 Å². The summed E-state index contributed by atoms with van der Waals surface area (Å²) in [5, 5.41) is 16.1. The molecule has 2 aromatic carbocycles. The molecular formula is C28H34N4O4. The molecule has 3 N–H and O–H groups in total. The maximum absolute atomic E-state index is 14.1. The van der Waals surface area contributed by atoms with E-state index in [0.29, 0.717) is 18.7 Å². The van der Waals surface area contributed by atoms with Crippen LogP contribution in [0.4, 0.5) is 10.5 Å². The van der Waals surface area contributed by atoms with Crippen molar-refractivity contribution >= 4 is 23.6 Å². The smallest absolute Gasteiger partial charge is 0.407 e. The van der Waals surface area contributed by atoms with Crippen molar-refractivity contribution in [2.45, 2.75) is 50.2 Å². The van der Waals surface area contributed by atoms with E-state index in [1.807, 2.05) is 41.3 Å². The van der Waals surface area contributed by atoms with Gasteiger partial charge in [-0.05, 0) is 43.0 Å². The van der Waals surface area contributed by atoms with E-state index in [-0.39, 0.29) is 41.8 Å². The summed E-state index contributed by atoms with van der Waals surface area (Å²) in [5.74, 6) is -0.176. The number of nitrogens with one attached hydrogen (secondary N) is 2. The Morgan fingerprint density at radius 2 is 1.75 bits per heavy atom. The number of rotatable bonds is 5. The van der Waals surface area contributed by atoms with Crippen molar-refractivity contribution in [1.29, 1.82) is 0 Å². The number of likely N-dealkylation sites (tertiary alicyclic amines) is 1. The molecule has 1 aliphatic carbocycles. The summed E-state index contributed by atoms with van der Waals surface area (Å²) in [6.07, 6.45) is 3.37.